The van der Waals surface area contributed by atoms with E-state index in [2.05, 4.69) is 50.4 Å². The van der Waals surface area contributed by atoms with E-state index in [9.17, 15) is 19.8 Å². The molecule has 0 heterocycles. The minimum absolute atomic E-state index is 0.0493. The Balaban J connectivity index is 4.72. The van der Waals surface area contributed by atoms with Crippen LogP contribution < -0.4 is 5.32 Å². The molecule has 3 N–H and O–H groups in total. The molecular weight excluding hydrogens is 683 g/mol. The highest BCUT2D eigenvalue weighted by molar-refractivity contribution is 5.77. The summed E-state index contributed by atoms with van der Waals surface area (Å²) >= 11 is 0. The largest absolute Gasteiger partial charge is 0.462 e. The minimum Gasteiger partial charge on any atom is -0.462 e. The third-order valence-corrected chi connectivity index (χ3v) is 10.2. The Morgan fingerprint density at radius 1 is 0.527 bits per heavy atom. The van der Waals surface area contributed by atoms with Gasteiger partial charge in [-0.1, -0.05) is 216 Å². The van der Waals surface area contributed by atoms with Gasteiger partial charge in [0.25, 0.3) is 0 Å². The van der Waals surface area contributed by atoms with Crippen LogP contribution in [0.5, 0.6) is 0 Å². The van der Waals surface area contributed by atoms with Gasteiger partial charge in [-0.25, -0.2) is 0 Å². The van der Waals surface area contributed by atoms with Gasteiger partial charge in [-0.05, 0) is 44.9 Å². The van der Waals surface area contributed by atoms with Gasteiger partial charge in [0.05, 0.1) is 25.2 Å². The van der Waals surface area contributed by atoms with E-state index in [1.165, 1.54) is 96.3 Å². The fraction of sp³-hybridized carbons (Fsp3) is 0.755. The maximum absolute atomic E-state index is 13.1. The molecule has 6 heteroatoms. The quantitative estimate of drug-likeness (QED) is 0.0328. The summed E-state index contributed by atoms with van der Waals surface area (Å²) in [5.41, 5.74) is 0. The molecule has 0 bridgehead atoms. The van der Waals surface area contributed by atoms with Gasteiger partial charge in [-0.2, -0.15) is 0 Å². The van der Waals surface area contributed by atoms with E-state index in [0.717, 1.165) is 70.6 Å². The molecule has 0 aromatic rings. The number of unbranched alkanes of at least 4 members (excludes halogenated alkanes) is 22. The number of nitrogens with one attached hydrogen (secondary N) is 1. The number of aliphatic hydroxyl groups excluding tert-OH is 2. The summed E-state index contributed by atoms with van der Waals surface area (Å²) in [5, 5.41) is 23.6. The van der Waals surface area contributed by atoms with E-state index >= 15 is 0 Å². The second kappa shape index (κ2) is 42.7. The molecule has 3 unspecified atom stereocenters. The Morgan fingerprint density at radius 3 is 1.47 bits per heavy atom. The summed E-state index contributed by atoms with van der Waals surface area (Å²) in [6.07, 6.45) is 51.3. The molecule has 55 heavy (non-hydrogen) atoms. The zero-order chi connectivity index (χ0) is 40.3. The first kappa shape index (κ1) is 52.6. The molecule has 318 valence electrons. The highest BCUT2D eigenvalue weighted by atomic mass is 16.5. The molecule has 0 rings (SSSR count). The lowest BCUT2D eigenvalue weighted by molar-refractivity contribution is -0.151. The molecule has 0 aliphatic rings. The zero-order valence-electron chi connectivity index (χ0n) is 36.0. The van der Waals surface area contributed by atoms with Crippen LogP contribution >= 0.6 is 0 Å². The highest BCUT2D eigenvalue weighted by Gasteiger charge is 2.24. The Bertz CT molecular complexity index is 999. The first-order valence-electron chi connectivity index (χ1n) is 23.1. The maximum atomic E-state index is 13.1. The van der Waals surface area contributed by atoms with Crippen LogP contribution in [0, 0.1) is 0 Å². The standard InChI is InChI=1S/C49H87NO5/c1-4-7-10-13-16-19-21-22-23-24-25-27-29-31-34-37-40-45(55-49(54)42-39-36-33-30-26-20-17-14-11-8-5-2)43-48(53)50-46(44-51)47(52)41-38-35-32-28-18-15-12-9-6-3/h10,13,16,19,21-25,27,45-47,51-52H,4-9,11-12,14-15,17-18,20,26,28-44H2,1-3H3,(H,50,53)/b13-10+,19-16+,22-21+,24-23+,27-25+. The van der Waals surface area contributed by atoms with Crippen molar-refractivity contribution in [2.45, 2.75) is 232 Å². The van der Waals surface area contributed by atoms with Crippen molar-refractivity contribution in [3.63, 3.8) is 0 Å². The molecule has 6 nitrogen and oxygen atoms in total. The van der Waals surface area contributed by atoms with Crippen molar-refractivity contribution >= 4 is 11.9 Å². The summed E-state index contributed by atoms with van der Waals surface area (Å²) in [5.74, 6) is -0.519. The van der Waals surface area contributed by atoms with Crippen LogP contribution in [-0.2, 0) is 14.3 Å². The van der Waals surface area contributed by atoms with Crippen molar-refractivity contribution in [2.75, 3.05) is 6.61 Å². The van der Waals surface area contributed by atoms with Gasteiger partial charge in [0.1, 0.15) is 6.10 Å². The predicted octanol–water partition coefficient (Wildman–Crippen LogP) is 13.3. The van der Waals surface area contributed by atoms with E-state index in [-0.39, 0.29) is 24.9 Å². The van der Waals surface area contributed by atoms with Gasteiger partial charge in [0, 0.05) is 6.42 Å². The molecule has 0 aliphatic carbocycles. The molecule has 0 saturated carbocycles. The molecular formula is C49H87NO5. The van der Waals surface area contributed by atoms with Crippen LogP contribution in [0.4, 0.5) is 0 Å². The number of esters is 1. The molecule has 0 aromatic heterocycles. The number of hydrogen-bond donors (Lipinski definition) is 3. The van der Waals surface area contributed by atoms with Gasteiger partial charge in [-0.3, -0.25) is 9.59 Å². The second-order valence-corrected chi connectivity index (χ2v) is 15.6. The summed E-state index contributed by atoms with van der Waals surface area (Å²) < 4.78 is 5.88. The van der Waals surface area contributed by atoms with Crippen molar-refractivity contribution in [1.82, 2.24) is 5.32 Å². The van der Waals surface area contributed by atoms with Crippen LogP contribution in [0.3, 0.4) is 0 Å². The molecule has 0 fully saturated rings. The third-order valence-electron chi connectivity index (χ3n) is 10.2. The topological polar surface area (TPSA) is 95.9 Å². The summed E-state index contributed by atoms with van der Waals surface area (Å²) in [4.78, 5) is 26.0. The maximum Gasteiger partial charge on any atom is 0.306 e. The van der Waals surface area contributed by atoms with E-state index in [0.29, 0.717) is 19.3 Å². The summed E-state index contributed by atoms with van der Waals surface area (Å²) in [7, 11) is 0. The fourth-order valence-corrected chi connectivity index (χ4v) is 6.69. The van der Waals surface area contributed by atoms with Crippen molar-refractivity contribution in [3.05, 3.63) is 60.8 Å². The van der Waals surface area contributed by atoms with Crippen LogP contribution in [0.15, 0.2) is 60.8 Å². The number of rotatable bonds is 40. The SMILES string of the molecule is CCC/C=C/C=C/C=C/C=C/C=C/CCCCCC(CC(=O)NC(CO)C(O)CCCCCCCCCCC)OC(=O)CCCCCCCCCCCCC. The average molecular weight is 770 g/mol. The highest BCUT2D eigenvalue weighted by Crippen LogP contribution is 2.17. The Morgan fingerprint density at radius 2 is 0.964 bits per heavy atom. The normalized spacial score (nSPS) is 13.9. The van der Waals surface area contributed by atoms with Crippen LogP contribution in [-0.4, -0.2) is 46.9 Å². The van der Waals surface area contributed by atoms with E-state index in [4.69, 9.17) is 4.74 Å². The smallest absolute Gasteiger partial charge is 0.306 e. The number of carbonyl (C=O) groups is 2. The number of aliphatic hydroxyl groups is 2. The molecule has 3 atom stereocenters. The molecule has 1 amide bonds. The van der Waals surface area contributed by atoms with Gasteiger partial charge in [0.2, 0.25) is 5.91 Å². The average Bonchev–Trinajstić information content (AvgIpc) is 3.18. The van der Waals surface area contributed by atoms with Gasteiger partial charge < -0.3 is 20.3 Å². The number of amides is 1. The summed E-state index contributed by atoms with van der Waals surface area (Å²) in [6.45, 7) is 6.34. The number of hydrogen-bond acceptors (Lipinski definition) is 5. The Kier molecular flexibility index (Phi) is 40.8. The minimum atomic E-state index is -0.797. The lowest BCUT2D eigenvalue weighted by Crippen LogP contribution is -2.46. The van der Waals surface area contributed by atoms with Crippen LogP contribution in [0.2, 0.25) is 0 Å². The van der Waals surface area contributed by atoms with Crippen molar-refractivity contribution < 1.29 is 24.5 Å². The van der Waals surface area contributed by atoms with E-state index in [1.54, 1.807) is 0 Å². The fourth-order valence-electron chi connectivity index (χ4n) is 6.69. The molecule has 0 aromatic carbocycles. The molecule has 0 aliphatic heterocycles. The lowest BCUT2D eigenvalue weighted by Gasteiger charge is -2.24. The number of carbonyl (C=O) groups excluding carboxylic acids is 2. The van der Waals surface area contributed by atoms with Gasteiger partial charge in [-0.15, -0.1) is 0 Å². The number of allylic oxidation sites excluding steroid dienone is 10. The van der Waals surface area contributed by atoms with Crippen LogP contribution in [0.1, 0.15) is 213 Å². The predicted molar refractivity (Wildman–Crippen MR) is 236 cm³/mol. The van der Waals surface area contributed by atoms with Crippen molar-refractivity contribution in [2.24, 2.45) is 0 Å². The summed E-state index contributed by atoms with van der Waals surface area (Å²) in [6, 6.07) is -0.713. The van der Waals surface area contributed by atoms with Crippen molar-refractivity contribution in [1.29, 1.82) is 0 Å². The molecule has 0 radical (unpaired) electrons. The Hall–Kier alpha value is -2.44. The molecule has 0 spiro atoms. The zero-order valence-corrected chi connectivity index (χ0v) is 36.0. The van der Waals surface area contributed by atoms with Gasteiger partial charge in [0.15, 0.2) is 0 Å². The second-order valence-electron chi connectivity index (χ2n) is 15.6. The Labute approximate surface area is 339 Å². The number of ether oxygens (including phenoxy) is 1. The first-order valence-corrected chi connectivity index (χ1v) is 23.1. The monoisotopic (exact) mass is 770 g/mol. The first-order chi connectivity index (χ1) is 27.0. The van der Waals surface area contributed by atoms with Gasteiger partial charge >= 0.3 is 5.97 Å². The molecule has 0 saturated heterocycles. The van der Waals surface area contributed by atoms with E-state index in [1.807, 2.05) is 36.5 Å². The lowest BCUT2D eigenvalue weighted by atomic mass is 10.0. The van der Waals surface area contributed by atoms with E-state index < -0.39 is 18.2 Å². The van der Waals surface area contributed by atoms with Crippen LogP contribution in [0.25, 0.3) is 0 Å². The third kappa shape index (κ3) is 38.2. The van der Waals surface area contributed by atoms with Crippen molar-refractivity contribution in [3.8, 4) is 0 Å².